The first kappa shape index (κ1) is 22.0. The topological polar surface area (TPSA) is 65.0 Å². The summed E-state index contributed by atoms with van der Waals surface area (Å²) in [5.41, 5.74) is 1.57. The van der Waals surface area contributed by atoms with Gasteiger partial charge in [0.25, 0.3) is 0 Å². The summed E-state index contributed by atoms with van der Waals surface area (Å²) >= 11 is 1.23. The normalized spacial score (nSPS) is 15.0. The molecule has 0 spiro atoms. The monoisotopic (exact) mass is 421 g/mol. The van der Waals surface area contributed by atoms with Crippen molar-refractivity contribution in [2.45, 2.75) is 26.4 Å². The third-order valence-corrected chi connectivity index (χ3v) is 5.70. The van der Waals surface area contributed by atoms with E-state index in [1.165, 1.54) is 23.2 Å². The molecule has 0 saturated carbocycles. The van der Waals surface area contributed by atoms with Gasteiger partial charge >= 0.3 is 5.97 Å². The second-order valence-electron chi connectivity index (χ2n) is 8.32. The van der Waals surface area contributed by atoms with Crippen LogP contribution in [0.3, 0.4) is 0 Å². The number of benzene rings is 1. The van der Waals surface area contributed by atoms with Gasteiger partial charge in [0.2, 0.25) is 0 Å². The summed E-state index contributed by atoms with van der Waals surface area (Å²) in [7, 11) is 5.80. The second kappa shape index (κ2) is 9.38. The minimum Gasteiger partial charge on any atom is -0.497 e. The summed E-state index contributed by atoms with van der Waals surface area (Å²) in [4.78, 5) is 14.6. The minimum absolute atomic E-state index is 0.0189. The molecule has 1 aliphatic rings. The minimum atomic E-state index is -0.711. The second-order valence-corrected chi connectivity index (χ2v) is 9.10. The van der Waals surface area contributed by atoms with Crippen LogP contribution in [-0.2, 0) is 20.1 Å². The number of esters is 1. The Morgan fingerprint density at radius 3 is 2.72 bits per heavy atom. The van der Waals surface area contributed by atoms with Crippen LogP contribution >= 0.6 is 12.2 Å². The van der Waals surface area contributed by atoms with E-state index in [-0.39, 0.29) is 18.7 Å². The Bertz CT molecular complexity index is 846. The van der Waals surface area contributed by atoms with Crippen LogP contribution in [0.25, 0.3) is 10.9 Å². The molecule has 3 rings (SSSR count). The highest BCUT2D eigenvalue weighted by molar-refractivity contribution is 7.93. The molecule has 0 bridgehead atoms. The van der Waals surface area contributed by atoms with Gasteiger partial charge in [0.05, 0.1) is 24.6 Å². The molecule has 2 aromatic rings. The van der Waals surface area contributed by atoms with E-state index >= 15 is 0 Å². The van der Waals surface area contributed by atoms with Crippen molar-refractivity contribution in [3.05, 3.63) is 30.0 Å². The third-order valence-electron chi connectivity index (χ3n) is 5.01. The lowest BCUT2D eigenvalue weighted by molar-refractivity contribution is -0.163. The van der Waals surface area contributed by atoms with Crippen LogP contribution < -0.4 is 10.1 Å². The number of hydrogen-bond donors (Lipinski definition) is 1. The zero-order valence-electron chi connectivity index (χ0n) is 17.9. The smallest absolute Gasteiger partial charge is 0.314 e. The number of methoxy groups -OCH3 is 1. The number of ether oxygens (including phenoxy) is 2. The van der Waals surface area contributed by atoms with Gasteiger partial charge in [0.1, 0.15) is 24.1 Å². The first-order chi connectivity index (χ1) is 13.8. The lowest BCUT2D eigenvalue weighted by Gasteiger charge is -2.30. The van der Waals surface area contributed by atoms with Crippen LogP contribution in [0.2, 0.25) is 0 Å². The fourth-order valence-corrected chi connectivity index (χ4v) is 3.79. The van der Waals surface area contributed by atoms with Gasteiger partial charge in [0, 0.05) is 37.3 Å². The number of hydrogen-bond acceptors (Lipinski definition) is 7. The zero-order chi connectivity index (χ0) is 21.0. The molecule has 7 nitrogen and oxygen atoms in total. The average molecular weight is 422 g/mol. The maximum atomic E-state index is 12.4. The summed E-state index contributed by atoms with van der Waals surface area (Å²) in [6.07, 6.45) is 3.02. The Hall–Kier alpha value is -1.74. The predicted molar refractivity (Wildman–Crippen MR) is 116 cm³/mol. The van der Waals surface area contributed by atoms with E-state index in [4.69, 9.17) is 13.7 Å². The number of nitrogens with zero attached hydrogens (tertiary/aromatic N) is 2. The van der Waals surface area contributed by atoms with Crippen LogP contribution in [0, 0.1) is 5.41 Å². The molecule has 0 atom stereocenters. The lowest BCUT2D eigenvalue weighted by Crippen LogP contribution is -2.51. The number of carbonyl (C=O) groups excluding carboxylic acids is 1. The number of fused-ring (bicyclic) bond motifs is 1. The molecule has 0 radical (unpaired) electrons. The largest absolute Gasteiger partial charge is 0.497 e. The van der Waals surface area contributed by atoms with Gasteiger partial charge in [-0.15, -0.1) is 0 Å². The molecule has 0 unspecified atom stereocenters. The average Bonchev–Trinajstić information content (AvgIpc) is 2.99. The molecule has 1 saturated heterocycles. The van der Waals surface area contributed by atoms with Crippen LogP contribution in [-0.4, -0.2) is 68.4 Å². The SMILES string of the molecule is COc1ccc2c(CCN(C)C)cn(SOCC(C)(C)C(=O)OC3CNC3)c2c1. The fourth-order valence-electron chi connectivity index (χ4n) is 2.92. The van der Waals surface area contributed by atoms with Crippen molar-refractivity contribution in [3.63, 3.8) is 0 Å². The molecule has 0 aliphatic carbocycles. The van der Waals surface area contributed by atoms with E-state index < -0.39 is 5.41 Å². The highest BCUT2D eigenvalue weighted by atomic mass is 32.2. The van der Waals surface area contributed by atoms with Gasteiger partial charge in [0.15, 0.2) is 0 Å². The highest BCUT2D eigenvalue weighted by Gasteiger charge is 2.33. The quantitative estimate of drug-likeness (QED) is 0.467. The maximum Gasteiger partial charge on any atom is 0.314 e. The lowest BCUT2D eigenvalue weighted by atomic mass is 9.95. The van der Waals surface area contributed by atoms with Crippen LogP contribution in [0.4, 0.5) is 0 Å². The van der Waals surface area contributed by atoms with Crippen molar-refractivity contribution < 1.29 is 18.5 Å². The molecule has 0 amide bonds. The Kier molecular flexibility index (Phi) is 7.10. The van der Waals surface area contributed by atoms with Gasteiger partial charge < -0.3 is 19.7 Å². The van der Waals surface area contributed by atoms with E-state index in [0.717, 1.165) is 37.3 Å². The van der Waals surface area contributed by atoms with Crippen LogP contribution in [0.5, 0.6) is 5.75 Å². The fraction of sp³-hybridized carbons (Fsp3) is 0.571. The molecule has 2 heterocycles. The number of nitrogens with one attached hydrogen (secondary N) is 1. The Balaban J connectivity index is 1.68. The molecule has 1 aromatic carbocycles. The summed E-state index contributed by atoms with van der Waals surface area (Å²) < 4.78 is 18.8. The molecule has 1 fully saturated rings. The summed E-state index contributed by atoms with van der Waals surface area (Å²) in [6, 6.07) is 6.07. The van der Waals surface area contributed by atoms with E-state index in [0.29, 0.717) is 0 Å². The summed E-state index contributed by atoms with van der Waals surface area (Å²) in [5, 5.41) is 4.28. The van der Waals surface area contributed by atoms with Crippen molar-refractivity contribution in [1.29, 1.82) is 0 Å². The van der Waals surface area contributed by atoms with E-state index in [1.807, 2.05) is 30.0 Å². The standard InChI is InChI=1S/C21H31N3O4S/c1-21(2,20(25)28-17-11-22-12-17)14-27-29-24-13-15(8-9-23(3)4)18-7-6-16(26-5)10-19(18)24/h6-7,10,13,17,22H,8-9,11-12,14H2,1-5H3. The highest BCUT2D eigenvalue weighted by Crippen LogP contribution is 2.31. The predicted octanol–water partition coefficient (Wildman–Crippen LogP) is 2.72. The number of likely N-dealkylation sites (N-methyl/N-ethyl adjacent to an activating group) is 1. The van der Waals surface area contributed by atoms with Crippen molar-refractivity contribution in [2.75, 3.05) is 47.4 Å². The zero-order valence-corrected chi connectivity index (χ0v) is 18.7. The van der Waals surface area contributed by atoms with Crippen LogP contribution in [0.1, 0.15) is 19.4 Å². The Morgan fingerprint density at radius 2 is 2.10 bits per heavy atom. The van der Waals surface area contributed by atoms with E-state index in [1.54, 1.807) is 7.11 Å². The first-order valence-electron chi connectivity index (χ1n) is 9.84. The van der Waals surface area contributed by atoms with Gasteiger partial charge in [-0.1, -0.05) is 0 Å². The van der Waals surface area contributed by atoms with Crippen molar-refractivity contribution in [2.24, 2.45) is 5.41 Å². The maximum absolute atomic E-state index is 12.4. The van der Waals surface area contributed by atoms with Gasteiger partial charge in [-0.05, 0) is 52.1 Å². The molecular weight excluding hydrogens is 390 g/mol. The van der Waals surface area contributed by atoms with E-state index in [2.05, 4.69) is 36.6 Å². The molecule has 1 aromatic heterocycles. The molecule has 8 heteroatoms. The summed E-state index contributed by atoms with van der Waals surface area (Å²) in [5.74, 6) is 0.574. The van der Waals surface area contributed by atoms with Gasteiger partial charge in [-0.2, -0.15) is 0 Å². The third kappa shape index (κ3) is 5.45. The summed E-state index contributed by atoms with van der Waals surface area (Å²) in [6.45, 7) is 6.37. The van der Waals surface area contributed by atoms with Crippen LogP contribution in [0.15, 0.2) is 24.4 Å². The molecule has 29 heavy (non-hydrogen) atoms. The molecule has 1 N–H and O–H groups in total. The Morgan fingerprint density at radius 1 is 1.34 bits per heavy atom. The molecular formula is C21H31N3O4S. The number of aromatic nitrogens is 1. The number of rotatable bonds is 10. The Labute approximate surface area is 177 Å². The van der Waals surface area contributed by atoms with Gasteiger partial charge in [-0.3, -0.25) is 13.0 Å². The van der Waals surface area contributed by atoms with Gasteiger partial charge in [-0.25, -0.2) is 0 Å². The number of carbonyl (C=O) groups is 1. The molecule has 160 valence electrons. The van der Waals surface area contributed by atoms with Crippen molar-refractivity contribution in [1.82, 2.24) is 14.2 Å². The van der Waals surface area contributed by atoms with E-state index in [9.17, 15) is 4.79 Å². The van der Waals surface area contributed by atoms with Crippen molar-refractivity contribution in [3.8, 4) is 5.75 Å². The first-order valence-corrected chi connectivity index (χ1v) is 10.5. The van der Waals surface area contributed by atoms with Crippen molar-refractivity contribution >= 4 is 29.1 Å². The molecule has 1 aliphatic heterocycles.